The molecule has 0 heterocycles. The molecule has 1 rings (SSSR count). The molecule has 1 aromatic carbocycles. The van der Waals surface area contributed by atoms with Gasteiger partial charge in [0.15, 0.2) is 0 Å². The third kappa shape index (κ3) is 2.25. The number of rotatable bonds is 2. The van der Waals surface area contributed by atoms with Gasteiger partial charge in [-0.15, -0.1) is 0 Å². The van der Waals surface area contributed by atoms with Crippen molar-refractivity contribution >= 4 is 6.16 Å². The van der Waals surface area contributed by atoms with E-state index < -0.39 is 6.16 Å². The molecule has 0 saturated heterocycles. The largest absolute Gasteiger partial charge is 0.511 e. The van der Waals surface area contributed by atoms with Crippen LogP contribution in [0.15, 0.2) is 24.3 Å². The summed E-state index contributed by atoms with van der Waals surface area (Å²) in [5.41, 5.74) is 0.619. The second-order valence-electron chi connectivity index (χ2n) is 2.17. The second-order valence-corrected chi connectivity index (χ2v) is 2.17. The fourth-order valence-corrected chi connectivity index (χ4v) is 0.808. The molecule has 0 aliphatic rings. The first-order chi connectivity index (χ1) is 5.72. The van der Waals surface area contributed by atoms with E-state index in [0.29, 0.717) is 5.56 Å². The van der Waals surface area contributed by atoms with Gasteiger partial charge in [-0.3, -0.25) is 0 Å². The molecule has 1 aromatic rings. The topological polar surface area (TPSA) is 66.8 Å². The van der Waals surface area contributed by atoms with Gasteiger partial charge in [-0.1, -0.05) is 12.1 Å². The van der Waals surface area contributed by atoms with Crippen LogP contribution in [0, 0.1) is 0 Å². The minimum absolute atomic E-state index is 0.128. The lowest BCUT2D eigenvalue weighted by molar-refractivity contribution is 0.144. The summed E-state index contributed by atoms with van der Waals surface area (Å²) in [6, 6.07) is 6.26. The van der Waals surface area contributed by atoms with Crippen molar-refractivity contribution in [3.63, 3.8) is 0 Å². The summed E-state index contributed by atoms with van der Waals surface area (Å²) >= 11 is 0. The molecule has 64 valence electrons. The number of carboxylic acid groups (broad SMARTS) is 1. The fraction of sp³-hybridized carbons (Fsp3) is 0.125. The Morgan fingerprint density at radius 1 is 1.50 bits per heavy atom. The lowest BCUT2D eigenvalue weighted by atomic mass is 10.2. The fourth-order valence-electron chi connectivity index (χ4n) is 0.808. The highest BCUT2D eigenvalue weighted by atomic mass is 16.7. The third-order valence-corrected chi connectivity index (χ3v) is 1.29. The molecule has 0 aliphatic heterocycles. The van der Waals surface area contributed by atoms with E-state index in [0.717, 1.165) is 0 Å². The Kier molecular flexibility index (Phi) is 2.66. The summed E-state index contributed by atoms with van der Waals surface area (Å²) in [5, 5.41) is 16.9. The van der Waals surface area contributed by atoms with Crippen molar-refractivity contribution in [3.05, 3.63) is 29.8 Å². The molecule has 0 fully saturated rings. The van der Waals surface area contributed by atoms with Gasteiger partial charge in [-0.05, 0) is 17.7 Å². The first-order valence-corrected chi connectivity index (χ1v) is 3.33. The normalized spacial score (nSPS) is 9.42. The quantitative estimate of drug-likeness (QED) is 0.515. The van der Waals surface area contributed by atoms with Gasteiger partial charge >= 0.3 is 6.16 Å². The molecule has 0 saturated carbocycles. The van der Waals surface area contributed by atoms with Crippen molar-refractivity contribution in [1.29, 1.82) is 0 Å². The van der Waals surface area contributed by atoms with Crippen molar-refractivity contribution in [2.24, 2.45) is 0 Å². The highest BCUT2D eigenvalue weighted by Gasteiger charge is 2.00. The maximum absolute atomic E-state index is 10.1. The van der Waals surface area contributed by atoms with Crippen molar-refractivity contribution in [2.75, 3.05) is 0 Å². The smallest absolute Gasteiger partial charge is 0.449 e. The van der Waals surface area contributed by atoms with E-state index in [1.807, 2.05) is 0 Å². The lowest BCUT2D eigenvalue weighted by Gasteiger charge is -2.00. The molecule has 0 radical (unpaired) electrons. The summed E-state index contributed by atoms with van der Waals surface area (Å²) < 4.78 is 4.36. The van der Waals surface area contributed by atoms with Crippen LogP contribution in [-0.2, 0) is 6.61 Å². The molecule has 0 spiro atoms. The number of aliphatic hydroxyl groups is 1. The zero-order chi connectivity index (χ0) is 8.97. The first-order valence-electron chi connectivity index (χ1n) is 3.33. The molecule has 0 bridgehead atoms. The van der Waals surface area contributed by atoms with Crippen molar-refractivity contribution in [1.82, 2.24) is 0 Å². The van der Waals surface area contributed by atoms with Crippen LogP contribution in [0.1, 0.15) is 5.56 Å². The number of ether oxygens (including phenoxy) is 1. The van der Waals surface area contributed by atoms with Crippen LogP contribution >= 0.6 is 0 Å². The molecule has 12 heavy (non-hydrogen) atoms. The van der Waals surface area contributed by atoms with E-state index in [9.17, 15) is 4.79 Å². The first kappa shape index (κ1) is 8.55. The maximum atomic E-state index is 10.1. The van der Waals surface area contributed by atoms with Crippen LogP contribution in [-0.4, -0.2) is 16.4 Å². The van der Waals surface area contributed by atoms with E-state index in [-0.39, 0.29) is 12.4 Å². The van der Waals surface area contributed by atoms with Crippen LogP contribution in [0.3, 0.4) is 0 Å². The van der Waals surface area contributed by atoms with E-state index in [1.54, 1.807) is 12.1 Å². The molecular formula is C8H8O4. The SMILES string of the molecule is O=C(O)Oc1cccc(CO)c1. The van der Waals surface area contributed by atoms with Crippen LogP contribution in [0.5, 0.6) is 5.75 Å². The predicted molar refractivity (Wildman–Crippen MR) is 41.0 cm³/mol. The molecule has 0 aliphatic carbocycles. The third-order valence-electron chi connectivity index (χ3n) is 1.29. The Morgan fingerprint density at radius 3 is 2.83 bits per heavy atom. The zero-order valence-corrected chi connectivity index (χ0v) is 6.23. The Morgan fingerprint density at radius 2 is 2.25 bits per heavy atom. The standard InChI is InChI=1S/C8H8O4/c9-5-6-2-1-3-7(4-6)12-8(10)11/h1-4,9H,5H2,(H,10,11). The van der Waals surface area contributed by atoms with Gasteiger partial charge in [0.05, 0.1) is 6.61 Å². The molecule has 0 amide bonds. The number of hydrogen-bond acceptors (Lipinski definition) is 3. The van der Waals surface area contributed by atoms with Gasteiger partial charge in [0, 0.05) is 0 Å². The van der Waals surface area contributed by atoms with Gasteiger partial charge in [0.25, 0.3) is 0 Å². The Bertz CT molecular complexity index is 282. The summed E-state index contributed by atoms with van der Waals surface area (Å²) in [7, 11) is 0. The lowest BCUT2D eigenvalue weighted by Crippen LogP contribution is -2.02. The average Bonchev–Trinajstić information content (AvgIpc) is 2.03. The van der Waals surface area contributed by atoms with Gasteiger partial charge in [-0.25, -0.2) is 4.79 Å². The van der Waals surface area contributed by atoms with Crippen molar-refractivity contribution in [3.8, 4) is 5.75 Å². The minimum atomic E-state index is -1.36. The molecule has 4 heteroatoms. The van der Waals surface area contributed by atoms with Crippen molar-refractivity contribution in [2.45, 2.75) is 6.61 Å². The number of hydrogen-bond donors (Lipinski definition) is 2. The summed E-state index contributed by atoms with van der Waals surface area (Å²) in [4.78, 5) is 10.1. The predicted octanol–water partition coefficient (Wildman–Crippen LogP) is 1.24. The second kappa shape index (κ2) is 3.73. The molecule has 0 unspecified atom stereocenters. The van der Waals surface area contributed by atoms with E-state index in [2.05, 4.69) is 4.74 Å². The molecule has 2 N–H and O–H groups in total. The van der Waals surface area contributed by atoms with Gasteiger partial charge in [0.1, 0.15) is 5.75 Å². The van der Waals surface area contributed by atoms with E-state index in [4.69, 9.17) is 10.2 Å². The maximum Gasteiger partial charge on any atom is 0.511 e. The Hall–Kier alpha value is -1.55. The van der Waals surface area contributed by atoms with Crippen LogP contribution in [0.2, 0.25) is 0 Å². The van der Waals surface area contributed by atoms with Crippen LogP contribution in [0.4, 0.5) is 4.79 Å². The van der Waals surface area contributed by atoms with Gasteiger partial charge in [-0.2, -0.15) is 0 Å². The molecule has 0 aromatic heterocycles. The molecule has 0 atom stereocenters. The highest BCUT2D eigenvalue weighted by Crippen LogP contribution is 2.12. The zero-order valence-electron chi connectivity index (χ0n) is 6.23. The highest BCUT2D eigenvalue weighted by molar-refractivity contribution is 5.61. The Labute approximate surface area is 69.0 Å². The summed E-state index contributed by atoms with van der Waals surface area (Å²) in [5.74, 6) is 0.217. The number of aliphatic hydroxyl groups excluding tert-OH is 1. The van der Waals surface area contributed by atoms with Gasteiger partial charge in [0.2, 0.25) is 0 Å². The molecule has 4 nitrogen and oxygen atoms in total. The molecular weight excluding hydrogens is 160 g/mol. The van der Waals surface area contributed by atoms with Crippen LogP contribution < -0.4 is 4.74 Å². The van der Waals surface area contributed by atoms with E-state index in [1.165, 1.54) is 12.1 Å². The van der Waals surface area contributed by atoms with Crippen molar-refractivity contribution < 1.29 is 19.7 Å². The van der Waals surface area contributed by atoms with E-state index >= 15 is 0 Å². The average molecular weight is 168 g/mol. The Balaban J connectivity index is 2.79. The number of benzene rings is 1. The number of carbonyl (C=O) groups is 1. The summed E-state index contributed by atoms with van der Waals surface area (Å²) in [6.07, 6.45) is -1.36. The van der Waals surface area contributed by atoms with Crippen LogP contribution in [0.25, 0.3) is 0 Å². The minimum Gasteiger partial charge on any atom is -0.449 e. The summed E-state index contributed by atoms with van der Waals surface area (Å²) in [6.45, 7) is -0.128. The monoisotopic (exact) mass is 168 g/mol. The van der Waals surface area contributed by atoms with Gasteiger partial charge < -0.3 is 14.9 Å².